The number of ether oxygens (including phenoxy) is 1. The maximum Gasteiger partial charge on any atom is 0.204 e. The van der Waals surface area contributed by atoms with Crippen molar-refractivity contribution in [1.29, 1.82) is 0 Å². The molecule has 39 heavy (non-hydrogen) atoms. The standard InChI is InChI=1S/C24H25F2NO.C4H5N3O.CH3NO/c1-27-17-20(16-19-4-8-21(25)9-5-19)3-2-18-6-12-23(13-7-18)28-24-14-10-22(26)11-15-24;8-2-1-7-4-5-3-6-7;2-1-3/h4-15,20,27H,2-3,16-17H2,1H3;2-4H,1H2;1H,(H2,2,3)/t20-;;/m1../s1. The van der Waals surface area contributed by atoms with Crippen LogP contribution in [0.15, 0.2) is 85.5 Å². The van der Waals surface area contributed by atoms with Gasteiger partial charge in [0.05, 0.1) is 6.54 Å². The Kier molecular flexibility index (Phi) is 14.1. The molecule has 4 aromatic rings. The second-order valence-corrected chi connectivity index (χ2v) is 8.41. The lowest BCUT2D eigenvalue weighted by Crippen LogP contribution is -2.21. The first-order valence-corrected chi connectivity index (χ1v) is 12.3. The van der Waals surface area contributed by atoms with Gasteiger partial charge >= 0.3 is 0 Å². The van der Waals surface area contributed by atoms with E-state index in [0.717, 1.165) is 43.4 Å². The van der Waals surface area contributed by atoms with Crippen molar-refractivity contribution < 1.29 is 23.1 Å². The third-order valence-corrected chi connectivity index (χ3v) is 5.47. The minimum absolute atomic E-state index is 0.197. The molecule has 0 unspecified atom stereocenters. The van der Waals surface area contributed by atoms with Crippen molar-refractivity contribution in [1.82, 2.24) is 20.1 Å². The predicted molar refractivity (Wildman–Crippen MR) is 145 cm³/mol. The number of nitrogens with two attached hydrogens (primary N) is 1. The zero-order valence-corrected chi connectivity index (χ0v) is 21.8. The van der Waals surface area contributed by atoms with Crippen LogP contribution in [0, 0.1) is 17.6 Å². The lowest BCUT2D eigenvalue weighted by molar-refractivity contribution is -0.108. The quantitative estimate of drug-likeness (QED) is 0.275. The topological polar surface area (TPSA) is 112 Å². The summed E-state index contributed by atoms with van der Waals surface area (Å²) in [6.07, 6.45) is 6.83. The van der Waals surface area contributed by atoms with E-state index in [1.807, 2.05) is 31.3 Å². The van der Waals surface area contributed by atoms with Gasteiger partial charge in [-0.1, -0.05) is 24.3 Å². The summed E-state index contributed by atoms with van der Waals surface area (Å²) in [5.41, 5.74) is 6.57. The summed E-state index contributed by atoms with van der Waals surface area (Å²) in [5, 5.41) is 6.94. The van der Waals surface area contributed by atoms with E-state index >= 15 is 0 Å². The summed E-state index contributed by atoms with van der Waals surface area (Å²) in [6.45, 7) is 1.21. The van der Waals surface area contributed by atoms with E-state index in [0.29, 0.717) is 18.2 Å². The van der Waals surface area contributed by atoms with Gasteiger partial charge in [0.25, 0.3) is 0 Å². The molecule has 3 aromatic carbocycles. The van der Waals surface area contributed by atoms with Crippen LogP contribution in [0.2, 0.25) is 0 Å². The fraction of sp³-hybridized carbons (Fsp3) is 0.241. The molecule has 1 heterocycles. The monoisotopic (exact) mass is 537 g/mol. The normalized spacial score (nSPS) is 10.7. The molecule has 1 amide bonds. The Hall–Kier alpha value is -4.44. The molecule has 0 aliphatic carbocycles. The zero-order chi connectivity index (χ0) is 28.3. The molecule has 3 N–H and O–H groups in total. The highest BCUT2D eigenvalue weighted by Gasteiger charge is 2.10. The minimum atomic E-state index is -0.278. The number of hydrogen-bond donors (Lipinski definition) is 2. The predicted octanol–water partition coefficient (Wildman–Crippen LogP) is 4.35. The van der Waals surface area contributed by atoms with Gasteiger partial charge in [0.2, 0.25) is 6.41 Å². The van der Waals surface area contributed by atoms with Gasteiger partial charge in [-0.25, -0.2) is 18.4 Å². The molecule has 1 atom stereocenters. The van der Waals surface area contributed by atoms with E-state index < -0.39 is 0 Å². The number of amides is 1. The molecule has 0 aliphatic rings. The van der Waals surface area contributed by atoms with Crippen molar-refractivity contribution >= 4 is 12.7 Å². The van der Waals surface area contributed by atoms with Gasteiger partial charge in [0, 0.05) is 0 Å². The summed E-state index contributed by atoms with van der Waals surface area (Å²) in [7, 11) is 1.96. The Bertz CT molecular complexity index is 1200. The van der Waals surface area contributed by atoms with Gasteiger partial charge in [0.1, 0.15) is 42.1 Å². The number of halogens is 2. The first-order valence-electron chi connectivity index (χ1n) is 12.3. The molecular weight excluding hydrogens is 504 g/mol. The van der Waals surface area contributed by atoms with E-state index in [-0.39, 0.29) is 18.0 Å². The smallest absolute Gasteiger partial charge is 0.204 e. The number of hydrogen-bond acceptors (Lipinski definition) is 6. The summed E-state index contributed by atoms with van der Waals surface area (Å²) in [6, 6.07) is 20.7. The SMILES string of the molecule is CNC[C@H](CCc1ccc(Oc2ccc(F)cc2)cc1)Cc1ccc(F)cc1.NC=O.O=CCn1cncn1. The molecule has 0 aliphatic heterocycles. The van der Waals surface area contributed by atoms with E-state index in [4.69, 9.17) is 9.53 Å². The maximum absolute atomic E-state index is 13.1. The summed E-state index contributed by atoms with van der Waals surface area (Å²) >= 11 is 0. The molecule has 206 valence electrons. The Labute approximate surface area is 226 Å². The number of primary amides is 1. The van der Waals surface area contributed by atoms with Gasteiger partial charge in [0.15, 0.2) is 0 Å². The van der Waals surface area contributed by atoms with Crippen molar-refractivity contribution in [3.63, 3.8) is 0 Å². The first kappa shape index (κ1) is 30.8. The second-order valence-electron chi connectivity index (χ2n) is 8.41. The molecule has 0 spiro atoms. The van der Waals surface area contributed by atoms with E-state index in [1.54, 1.807) is 12.1 Å². The molecule has 8 nitrogen and oxygen atoms in total. The van der Waals surface area contributed by atoms with Crippen molar-refractivity contribution in [2.24, 2.45) is 11.7 Å². The Morgan fingerprint density at radius 3 is 1.97 bits per heavy atom. The first-order chi connectivity index (χ1) is 19.0. The van der Waals surface area contributed by atoms with Crippen LogP contribution in [0.25, 0.3) is 0 Å². The summed E-state index contributed by atoms with van der Waals surface area (Å²) in [5.74, 6) is 1.35. The number of aryl methyl sites for hydroxylation is 1. The van der Waals surface area contributed by atoms with Crippen LogP contribution in [0.5, 0.6) is 11.5 Å². The lowest BCUT2D eigenvalue weighted by atomic mass is 9.93. The van der Waals surface area contributed by atoms with E-state index in [2.05, 4.69) is 33.3 Å². The van der Waals surface area contributed by atoms with Crippen LogP contribution in [0.4, 0.5) is 8.78 Å². The minimum Gasteiger partial charge on any atom is -0.457 e. The molecule has 0 saturated heterocycles. The van der Waals surface area contributed by atoms with Crippen LogP contribution >= 0.6 is 0 Å². The highest BCUT2D eigenvalue weighted by molar-refractivity contribution is 5.48. The van der Waals surface area contributed by atoms with Gasteiger partial charge in [-0.15, -0.1) is 0 Å². The molecule has 0 saturated carbocycles. The van der Waals surface area contributed by atoms with E-state index in [9.17, 15) is 13.6 Å². The van der Waals surface area contributed by atoms with Crippen LogP contribution in [0.1, 0.15) is 17.5 Å². The number of carbonyl (C=O) groups is 2. The Morgan fingerprint density at radius 2 is 1.46 bits per heavy atom. The molecule has 0 radical (unpaired) electrons. The van der Waals surface area contributed by atoms with Gasteiger partial charge in [-0.3, -0.25) is 4.79 Å². The average Bonchev–Trinajstić information content (AvgIpc) is 3.45. The highest BCUT2D eigenvalue weighted by atomic mass is 19.1. The van der Waals surface area contributed by atoms with Gasteiger partial charge < -0.3 is 20.6 Å². The number of carbonyl (C=O) groups excluding carboxylic acids is 2. The van der Waals surface area contributed by atoms with Crippen LogP contribution in [-0.4, -0.2) is 41.1 Å². The number of aldehydes is 1. The largest absolute Gasteiger partial charge is 0.457 e. The number of benzene rings is 3. The van der Waals surface area contributed by atoms with Crippen LogP contribution < -0.4 is 15.8 Å². The third-order valence-electron chi connectivity index (χ3n) is 5.47. The van der Waals surface area contributed by atoms with Crippen molar-refractivity contribution in [3.8, 4) is 11.5 Å². The number of rotatable bonds is 11. The highest BCUT2D eigenvalue weighted by Crippen LogP contribution is 2.23. The molecule has 0 bridgehead atoms. The Morgan fingerprint density at radius 1 is 0.923 bits per heavy atom. The van der Waals surface area contributed by atoms with Gasteiger partial charge in [-0.2, -0.15) is 5.10 Å². The van der Waals surface area contributed by atoms with Gasteiger partial charge in [-0.05, 0) is 98.4 Å². The fourth-order valence-electron chi connectivity index (χ4n) is 3.66. The maximum atomic E-state index is 13.1. The zero-order valence-electron chi connectivity index (χ0n) is 21.8. The van der Waals surface area contributed by atoms with Crippen LogP contribution in [-0.2, 0) is 29.0 Å². The van der Waals surface area contributed by atoms with Crippen molar-refractivity contribution in [2.75, 3.05) is 13.6 Å². The lowest BCUT2D eigenvalue weighted by Gasteiger charge is -2.17. The molecular formula is C29H33F2N5O3. The summed E-state index contributed by atoms with van der Waals surface area (Å²) < 4.78 is 33.2. The second kappa shape index (κ2) is 17.9. The van der Waals surface area contributed by atoms with Crippen LogP contribution in [0.3, 0.4) is 0 Å². The fourth-order valence-corrected chi connectivity index (χ4v) is 3.66. The Balaban J connectivity index is 0.000000405. The van der Waals surface area contributed by atoms with E-state index in [1.165, 1.54) is 47.2 Å². The van der Waals surface area contributed by atoms with Crippen molar-refractivity contribution in [2.45, 2.75) is 25.8 Å². The molecule has 0 fully saturated rings. The third kappa shape index (κ3) is 12.6. The number of nitrogens with one attached hydrogen (secondary N) is 1. The van der Waals surface area contributed by atoms with Crippen molar-refractivity contribution in [3.05, 3.63) is 108 Å². The number of nitrogens with zero attached hydrogens (tertiary/aromatic N) is 3. The molecule has 1 aromatic heterocycles. The molecule has 4 rings (SSSR count). The number of aromatic nitrogens is 3. The molecule has 10 heteroatoms. The summed E-state index contributed by atoms with van der Waals surface area (Å²) in [4.78, 5) is 22.0. The average molecular weight is 538 g/mol.